The molecule has 5 rings (SSSR count). The number of amides is 2. The monoisotopic (exact) mass is 541 g/mol. The Hall–Kier alpha value is -4.09. The van der Waals surface area contributed by atoms with Crippen molar-refractivity contribution in [2.75, 3.05) is 53.8 Å². The van der Waals surface area contributed by atoms with Crippen LogP contribution in [0.15, 0.2) is 48.8 Å². The predicted octanol–water partition coefficient (Wildman–Crippen LogP) is 5.20. The molecular formula is C27H30F3N7O2. The van der Waals surface area contributed by atoms with Gasteiger partial charge in [0.25, 0.3) is 0 Å². The van der Waals surface area contributed by atoms with Gasteiger partial charge in [0.15, 0.2) is 5.82 Å². The third-order valence-electron chi connectivity index (χ3n) is 7.28. The molecule has 0 spiro atoms. The third kappa shape index (κ3) is 5.55. The van der Waals surface area contributed by atoms with Gasteiger partial charge < -0.3 is 14.5 Å². The summed E-state index contributed by atoms with van der Waals surface area (Å²) in [6.07, 6.45) is -2.10. The minimum absolute atomic E-state index is 0.0609. The van der Waals surface area contributed by atoms with E-state index in [0.717, 1.165) is 17.8 Å². The van der Waals surface area contributed by atoms with Crippen LogP contribution in [-0.2, 0) is 0 Å². The number of carbonyl (C=O) groups is 1. The molecule has 2 aliphatic rings. The number of aromatic nitrogens is 3. The van der Waals surface area contributed by atoms with Crippen LogP contribution in [0.5, 0.6) is 5.88 Å². The van der Waals surface area contributed by atoms with Gasteiger partial charge in [-0.15, -0.1) is 0 Å². The minimum atomic E-state index is -4.20. The lowest BCUT2D eigenvalue weighted by atomic mass is 10.1. The second-order valence-corrected chi connectivity index (χ2v) is 9.87. The fourth-order valence-electron chi connectivity index (χ4n) is 5.03. The van der Waals surface area contributed by atoms with E-state index in [1.54, 1.807) is 9.80 Å². The van der Waals surface area contributed by atoms with Gasteiger partial charge >= 0.3 is 12.2 Å². The van der Waals surface area contributed by atoms with Gasteiger partial charge in [-0.25, -0.2) is 19.7 Å². The Morgan fingerprint density at radius 2 is 1.92 bits per heavy atom. The Bertz CT molecular complexity index is 1350. The first-order valence-electron chi connectivity index (χ1n) is 12.7. The number of nitrogens with one attached hydrogen (secondary N) is 1. The summed E-state index contributed by atoms with van der Waals surface area (Å²) in [5.41, 5.74) is 2.88. The molecular weight excluding hydrogens is 511 g/mol. The normalized spacial score (nSPS) is 19.5. The van der Waals surface area contributed by atoms with Gasteiger partial charge in [-0.3, -0.25) is 10.2 Å². The predicted molar refractivity (Wildman–Crippen MR) is 143 cm³/mol. The number of hydrogen-bond acceptors (Lipinski definition) is 7. The molecule has 1 N–H and O–H groups in total. The lowest BCUT2D eigenvalue weighted by Crippen LogP contribution is -2.42. The van der Waals surface area contributed by atoms with E-state index < -0.39 is 18.1 Å². The van der Waals surface area contributed by atoms with E-state index in [0.29, 0.717) is 41.9 Å². The molecule has 2 amide bonds. The Labute approximate surface area is 224 Å². The number of carbonyl (C=O) groups excluding carboxylic acids is 1. The molecule has 12 heteroatoms. The molecule has 0 saturated carbocycles. The molecule has 0 bridgehead atoms. The summed E-state index contributed by atoms with van der Waals surface area (Å²) in [4.78, 5) is 32.0. The molecule has 2 atom stereocenters. The van der Waals surface area contributed by atoms with Crippen LogP contribution in [0.4, 0.5) is 41.0 Å². The molecule has 206 valence electrons. The van der Waals surface area contributed by atoms with Gasteiger partial charge in [-0.1, -0.05) is 12.1 Å². The second-order valence-electron chi connectivity index (χ2n) is 9.87. The van der Waals surface area contributed by atoms with Gasteiger partial charge in [0.2, 0.25) is 5.88 Å². The number of pyridine rings is 1. The number of halogens is 3. The topological polar surface area (TPSA) is 86.7 Å². The van der Waals surface area contributed by atoms with E-state index in [1.165, 1.54) is 19.5 Å². The fraction of sp³-hybridized carbons (Fsp3) is 0.407. The first-order chi connectivity index (χ1) is 18.6. The first-order valence-corrected chi connectivity index (χ1v) is 12.7. The molecule has 4 heterocycles. The number of rotatable bonds is 4. The zero-order valence-corrected chi connectivity index (χ0v) is 21.9. The molecule has 1 fully saturated rings. The van der Waals surface area contributed by atoms with Crippen molar-refractivity contribution in [1.29, 1.82) is 0 Å². The zero-order chi connectivity index (χ0) is 27.7. The zero-order valence-electron chi connectivity index (χ0n) is 21.9. The van der Waals surface area contributed by atoms with Crippen molar-refractivity contribution in [1.82, 2.24) is 15.0 Å². The molecule has 0 aliphatic carbocycles. The van der Waals surface area contributed by atoms with Crippen LogP contribution in [0.2, 0.25) is 0 Å². The molecule has 1 saturated heterocycles. The van der Waals surface area contributed by atoms with Crippen molar-refractivity contribution in [2.24, 2.45) is 5.92 Å². The van der Waals surface area contributed by atoms with Crippen LogP contribution in [0, 0.1) is 5.92 Å². The van der Waals surface area contributed by atoms with Crippen LogP contribution < -0.4 is 24.8 Å². The number of anilines is 4. The molecule has 9 nitrogen and oxygen atoms in total. The molecule has 1 aromatic carbocycles. The van der Waals surface area contributed by atoms with Gasteiger partial charge in [0, 0.05) is 50.0 Å². The maximum Gasteiger partial charge on any atom is 0.393 e. The number of ether oxygens (including phenoxy) is 1. The summed E-state index contributed by atoms with van der Waals surface area (Å²) in [7, 11) is 3.43. The maximum atomic E-state index is 13.5. The van der Waals surface area contributed by atoms with Crippen molar-refractivity contribution in [2.45, 2.75) is 32.0 Å². The van der Waals surface area contributed by atoms with E-state index in [-0.39, 0.29) is 19.0 Å². The number of fused-ring (bicyclic) bond motifs is 1. The third-order valence-corrected chi connectivity index (χ3v) is 7.28. The van der Waals surface area contributed by atoms with Crippen LogP contribution in [0.3, 0.4) is 0 Å². The highest BCUT2D eigenvalue weighted by molar-refractivity contribution is 6.03. The number of hydrogen-bond donors (Lipinski definition) is 1. The quantitative estimate of drug-likeness (QED) is 0.486. The lowest BCUT2D eigenvalue weighted by molar-refractivity contribution is -0.168. The number of nitrogens with zero attached hydrogens (tertiary/aromatic N) is 6. The summed E-state index contributed by atoms with van der Waals surface area (Å²) in [6, 6.07) is 12.1. The van der Waals surface area contributed by atoms with E-state index in [4.69, 9.17) is 9.72 Å². The van der Waals surface area contributed by atoms with Gasteiger partial charge in [0.1, 0.15) is 12.1 Å². The average molecular weight is 542 g/mol. The summed E-state index contributed by atoms with van der Waals surface area (Å²) in [5, 5.41) is 2.82. The van der Waals surface area contributed by atoms with E-state index in [1.807, 2.05) is 50.4 Å². The van der Waals surface area contributed by atoms with E-state index >= 15 is 0 Å². The molecule has 2 aromatic heterocycles. The van der Waals surface area contributed by atoms with Crippen LogP contribution in [-0.4, -0.2) is 67.0 Å². The number of benzene rings is 1. The van der Waals surface area contributed by atoms with Gasteiger partial charge in [-0.2, -0.15) is 13.2 Å². The van der Waals surface area contributed by atoms with E-state index in [2.05, 4.69) is 20.2 Å². The average Bonchev–Trinajstić information content (AvgIpc) is 3.39. The number of alkyl halides is 3. The number of urea groups is 1. The molecule has 3 aromatic rings. The largest absolute Gasteiger partial charge is 0.481 e. The Morgan fingerprint density at radius 1 is 1.10 bits per heavy atom. The fourth-order valence-corrected chi connectivity index (χ4v) is 5.03. The summed E-state index contributed by atoms with van der Waals surface area (Å²) < 4.78 is 44.8. The Balaban J connectivity index is 1.46. The molecule has 39 heavy (non-hydrogen) atoms. The van der Waals surface area contributed by atoms with Crippen LogP contribution in [0.1, 0.15) is 19.8 Å². The SMILES string of the molecule is COc1cc(NC(=O)N2c3nc(-c4cccc(N5CCC(C(F)(F)F)C5)c4)ccc3N(C)CC[C@H]2C)ncn1. The Morgan fingerprint density at radius 3 is 2.67 bits per heavy atom. The maximum absolute atomic E-state index is 13.5. The second kappa shape index (κ2) is 10.6. The summed E-state index contributed by atoms with van der Waals surface area (Å²) in [6.45, 7) is 2.97. The highest BCUT2D eigenvalue weighted by Gasteiger charge is 2.43. The van der Waals surface area contributed by atoms with Crippen LogP contribution >= 0.6 is 0 Å². The smallest absolute Gasteiger partial charge is 0.393 e. The van der Waals surface area contributed by atoms with Gasteiger partial charge in [-0.05, 0) is 44.0 Å². The van der Waals surface area contributed by atoms with E-state index in [9.17, 15) is 18.0 Å². The van der Waals surface area contributed by atoms with Crippen molar-refractivity contribution in [3.8, 4) is 17.1 Å². The standard InChI is InChI=1S/C27H30F3N7O2/c1-17-9-11-35(2)22-8-7-21(18-5-4-6-20(13-18)36-12-10-19(15-36)27(28,29)30)33-25(22)37(17)26(38)34-23-14-24(39-3)32-16-31-23/h4-8,13-14,16-17,19H,9-12,15H2,1-3H3,(H,31,32,34,38)/t17-,19?/m1/s1. The molecule has 1 unspecified atom stereocenters. The van der Waals surface area contributed by atoms with Crippen molar-refractivity contribution in [3.63, 3.8) is 0 Å². The van der Waals surface area contributed by atoms with Gasteiger partial charge in [0.05, 0.1) is 24.4 Å². The van der Waals surface area contributed by atoms with Crippen molar-refractivity contribution < 1.29 is 22.7 Å². The van der Waals surface area contributed by atoms with Crippen LogP contribution in [0.25, 0.3) is 11.3 Å². The Kier molecular flexibility index (Phi) is 7.19. The summed E-state index contributed by atoms with van der Waals surface area (Å²) >= 11 is 0. The molecule has 2 aliphatic heterocycles. The molecule has 0 radical (unpaired) electrons. The number of methoxy groups -OCH3 is 1. The highest BCUT2D eigenvalue weighted by Crippen LogP contribution is 2.38. The summed E-state index contributed by atoms with van der Waals surface area (Å²) in [5.74, 6) is -0.220. The van der Waals surface area contributed by atoms with Crippen molar-refractivity contribution >= 4 is 29.0 Å². The lowest BCUT2D eigenvalue weighted by Gasteiger charge is -2.28. The minimum Gasteiger partial charge on any atom is -0.481 e. The van der Waals surface area contributed by atoms with Crippen molar-refractivity contribution in [3.05, 3.63) is 48.8 Å². The first kappa shape index (κ1) is 26.5. The highest BCUT2D eigenvalue weighted by atomic mass is 19.4.